The molecule has 0 heterocycles. The Morgan fingerprint density at radius 3 is 3.00 bits per heavy atom. The number of aliphatic imine (C=N–C) groups is 1. The first-order valence-electron chi connectivity index (χ1n) is 6.67. The van der Waals surface area contributed by atoms with E-state index in [4.69, 9.17) is 5.73 Å². The number of nitrogens with zero attached hydrogens (tertiary/aromatic N) is 1. The molecule has 0 saturated heterocycles. The van der Waals surface area contributed by atoms with Crippen molar-refractivity contribution in [1.29, 1.82) is 0 Å². The third-order valence-corrected chi connectivity index (χ3v) is 4.07. The van der Waals surface area contributed by atoms with Gasteiger partial charge in [0.25, 0.3) is 0 Å². The second kappa shape index (κ2) is 9.28. The summed E-state index contributed by atoms with van der Waals surface area (Å²) in [6.45, 7) is 4.42. The highest BCUT2D eigenvalue weighted by Gasteiger charge is 2.10. The summed E-state index contributed by atoms with van der Waals surface area (Å²) in [6, 6.07) is 6.47. The number of thioether (sulfide) groups is 1. The molecule has 0 atom stereocenters. The van der Waals surface area contributed by atoms with Gasteiger partial charge in [-0.2, -0.15) is 11.8 Å². The van der Waals surface area contributed by atoms with Crippen molar-refractivity contribution in [2.45, 2.75) is 19.3 Å². The van der Waals surface area contributed by atoms with Gasteiger partial charge in [-0.15, -0.1) is 30.6 Å². The first-order chi connectivity index (χ1) is 9.29. The van der Waals surface area contributed by atoms with Gasteiger partial charge in [-0.1, -0.05) is 12.1 Å². The van der Waals surface area contributed by atoms with Crippen LogP contribution in [0.25, 0.3) is 0 Å². The maximum Gasteiger partial charge on any atom is 0.193 e. The predicted molar refractivity (Wildman–Crippen MR) is 102 cm³/mol. The molecule has 20 heavy (non-hydrogen) atoms. The summed E-state index contributed by atoms with van der Waals surface area (Å²) in [7, 11) is 0. The molecule has 1 aromatic rings. The van der Waals surface area contributed by atoms with Gasteiger partial charge in [-0.3, -0.25) is 4.99 Å². The summed E-state index contributed by atoms with van der Waals surface area (Å²) >= 11 is 1.81. The lowest BCUT2D eigenvalue weighted by Gasteiger charge is -2.07. The van der Waals surface area contributed by atoms with Crippen molar-refractivity contribution < 1.29 is 0 Å². The number of aryl methyl sites for hydroxylation is 2. The van der Waals surface area contributed by atoms with Gasteiger partial charge >= 0.3 is 0 Å². The highest BCUT2D eigenvalue weighted by atomic mass is 127. The quantitative estimate of drug-likeness (QED) is 0.252. The number of anilines is 1. The Morgan fingerprint density at radius 2 is 2.20 bits per heavy atom. The van der Waals surface area contributed by atoms with E-state index in [1.54, 1.807) is 0 Å². The van der Waals surface area contributed by atoms with E-state index in [1.807, 2.05) is 17.8 Å². The number of fused-ring (bicyclic) bond motifs is 1. The van der Waals surface area contributed by atoms with Gasteiger partial charge in [0.15, 0.2) is 5.96 Å². The SMILES string of the molecule is C=CCSCCN=C(N)Nc1ccc2c(c1)CCC2.I. The van der Waals surface area contributed by atoms with Crippen LogP contribution in [0.5, 0.6) is 0 Å². The maximum absolute atomic E-state index is 5.88. The van der Waals surface area contributed by atoms with Crippen LogP contribution >= 0.6 is 35.7 Å². The molecule has 3 N–H and O–H groups in total. The molecule has 110 valence electrons. The topological polar surface area (TPSA) is 50.4 Å². The Balaban J connectivity index is 0.00000200. The molecular formula is C15H22IN3S. The van der Waals surface area contributed by atoms with Gasteiger partial charge in [-0.05, 0) is 42.5 Å². The Kier molecular flexibility index (Phi) is 8.06. The summed E-state index contributed by atoms with van der Waals surface area (Å²) < 4.78 is 0. The Morgan fingerprint density at radius 1 is 1.40 bits per heavy atom. The van der Waals surface area contributed by atoms with Crippen molar-refractivity contribution in [2.75, 3.05) is 23.4 Å². The van der Waals surface area contributed by atoms with Gasteiger partial charge in [0, 0.05) is 17.2 Å². The zero-order valence-electron chi connectivity index (χ0n) is 11.6. The van der Waals surface area contributed by atoms with E-state index in [9.17, 15) is 0 Å². The molecule has 0 aliphatic heterocycles. The predicted octanol–water partition coefficient (Wildman–Crippen LogP) is 3.44. The Hall–Kier alpha value is -0.690. The second-order valence-corrected chi connectivity index (χ2v) is 5.74. The molecule has 0 radical (unpaired) electrons. The van der Waals surface area contributed by atoms with Gasteiger partial charge in [0.2, 0.25) is 0 Å². The van der Waals surface area contributed by atoms with Crippen LogP contribution in [0.2, 0.25) is 0 Å². The highest BCUT2D eigenvalue weighted by molar-refractivity contribution is 14.0. The number of nitrogens with two attached hydrogens (primary N) is 1. The van der Waals surface area contributed by atoms with Crippen LogP contribution in [0.1, 0.15) is 17.5 Å². The van der Waals surface area contributed by atoms with Crippen LogP contribution in [-0.2, 0) is 12.8 Å². The minimum Gasteiger partial charge on any atom is -0.370 e. The molecular weight excluding hydrogens is 381 g/mol. The zero-order chi connectivity index (χ0) is 13.5. The average molecular weight is 403 g/mol. The highest BCUT2D eigenvalue weighted by Crippen LogP contribution is 2.24. The smallest absolute Gasteiger partial charge is 0.193 e. The third-order valence-electron chi connectivity index (χ3n) is 3.12. The van der Waals surface area contributed by atoms with Crippen LogP contribution in [-0.4, -0.2) is 24.0 Å². The molecule has 0 amide bonds. The molecule has 0 spiro atoms. The molecule has 0 fully saturated rings. The van der Waals surface area contributed by atoms with E-state index in [-0.39, 0.29) is 24.0 Å². The van der Waals surface area contributed by atoms with Crippen molar-refractivity contribution in [3.05, 3.63) is 42.0 Å². The summed E-state index contributed by atoms with van der Waals surface area (Å²) in [5.74, 6) is 2.43. The Bertz CT molecular complexity index is 474. The van der Waals surface area contributed by atoms with Gasteiger partial charge in [0.1, 0.15) is 0 Å². The van der Waals surface area contributed by atoms with E-state index >= 15 is 0 Å². The van der Waals surface area contributed by atoms with Crippen LogP contribution < -0.4 is 11.1 Å². The molecule has 1 aromatic carbocycles. The number of nitrogens with one attached hydrogen (secondary N) is 1. The van der Waals surface area contributed by atoms with Crippen LogP contribution in [0.15, 0.2) is 35.8 Å². The minimum absolute atomic E-state index is 0. The summed E-state index contributed by atoms with van der Waals surface area (Å²) in [5.41, 5.74) is 9.84. The van der Waals surface area contributed by atoms with Crippen molar-refractivity contribution >= 4 is 47.4 Å². The van der Waals surface area contributed by atoms with E-state index in [1.165, 1.54) is 30.4 Å². The van der Waals surface area contributed by atoms with E-state index in [2.05, 4.69) is 35.1 Å². The van der Waals surface area contributed by atoms with Gasteiger partial charge < -0.3 is 11.1 Å². The molecule has 3 nitrogen and oxygen atoms in total. The molecule has 2 rings (SSSR count). The number of halogens is 1. The van der Waals surface area contributed by atoms with Crippen molar-refractivity contribution in [2.24, 2.45) is 10.7 Å². The summed E-state index contributed by atoms with van der Waals surface area (Å²) in [5, 5.41) is 3.16. The number of hydrogen-bond acceptors (Lipinski definition) is 2. The summed E-state index contributed by atoms with van der Waals surface area (Å²) in [6.07, 6.45) is 5.56. The average Bonchev–Trinajstić information content (AvgIpc) is 2.86. The minimum atomic E-state index is 0. The van der Waals surface area contributed by atoms with Crippen LogP contribution in [0, 0.1) is 0 Å². The standard InChI is InChI=1S/C15H21N3S.HI/c1-2-9-19-10-8-17-15(16)18-14-7-6-12-4-3-5-13(12)11-14;/h2,6-7,11H,1,3-5,8-10H2,(H3,16,17,18);1H. The van der Waals surface area contributed by atoms with Gasteiger partial charge in [-0.25, -0.2) is 0 Å². The lowest BCUT2D eigenvalue weighted by molar-refractivity contribution is 0.912. The molecule has 5 heteroatoms. The molecule has 0 bridgehead atoms. The fraction of sp³-hybridized carbons (Fsp3) is 0.400. The lowest BCUT2D eigenvalue weighted by Crippen LogP contribution is -2.23. The normalized spacial score (nSPS) is 13.5. The molecule has 0 unspecified atom stereocenters. The lowest BCUT2D eigenvalue weighted by atomic mass is 10.1. The summed E-state index contributed by atoms with van der Waals surface area (Å²) in [4.78, 5) is 4.31. The first kappa shape index (κ1) is 17.4. The van der Waals surface area contributed by atoms with E-state index in [0.717, 1.165) is 23.7 Å². The van der Waals surface area contributed by atoms with Crippen molar-refractivity contribution in [1.82, 2.24) is 0 Å². The largest absolute Gasteiger partial charge is 0.370 e. The number of rotatable bonds is 6. The van der Waals surface area contributed by atoms with E-state index < -0.39 is 0 Å². The van der Waals surface area contributed by atoms with Crippen LogP contribution in [0.4, 0.5) is 5.69 Å². The Labute approximate surface area is 142 Å². The van der Waals surface area contributed by atoms with Crippen LogP contribution in [0.3, 0.4) is 0 Å². The van der Waals surface area contributed by atoms with Gasteiger partial charge in [0.05, 0.1) is 6.54 Å². The maximum atomic E-state index is 5.88. The number of guanidine groups is 1. The monoisotopic (exact) mass is 403 g/mol. The van der Waals surface area contributed by atoms with Crippen molar-refractivity contribution in [3.63, 3.8) is 0 Å². The molecule has 1 aliphatic carbocycles. The van der Waals surface area contributed by atoms with Crippen molar-refractivity contribution in [3.8, 4) is 0 Å². The number of benzene rings is 1. The molecule has 1 aliphatic rings. The zero-order valence-corrected chi connectivity index (χ0v) is 14.7. The van der Waals surface area contributed by atoms with E-state index in [0.29, 0.717) is 5.96 Å². The second-order valence-electron chi connectivity index (χ2n) is 4.59. The molecule has 0 saturated carbocycles. The molecule has 0 aromatic heterocycles. The number of hydrogen-bond donors (Lipinski definition) is 2. The third kappa shape index (κ3) is 5.36. The first-order valence-corrected chi connectivity index (χ1v) is 7.82. The fourth-order valence-electron chi connectivity index (χ4n) is 2.23. The fourth-order valence-corrected chi connectivity index (χ4v) is 2.79.